The first-order valence-electron chi connectivity index (χ1n) is 8.87. The maximum Gasteiger partial charge on any atom is 0.335 e. The third kappa shape index (κ3) is 4.37. The highest BCUT2D eigenvalue weighted by molar-refractivity contribution is 5.82. The number of nitrogens with one attached hydrogen (secondary N) is 1. The number of hydrogen-bond acceptors (Lipinski definition) is 6. The number of rotatable bonds is 8. The summed E-state index contributed by atoms with van der Waals surface area (Å²) in [6.45, 7) is 3.59. The number of aryl methyl sites for hydroxylation is 1. The molecule has 0 unspecified atom stereocenters. The molecule has 2 heterocycles. The van der Waals surface area contributed by atoms with Crippen LogP contribution in [-0.2, 0) is 6.54 Å². The average Bonchev–Trinajstić information content (AvgIpc) is 3.19. The summed E-state index contributed by atoms with van der Waals surface area (Å²) in [5.74, 6) is 0.180. The smallest absolute Gasteiger partial charge is 0.335 e. The van der Waals surface area contributed by atoms with Gasteiger partial charge in [0, 0.05) is 31.7 Å². The summed E-state index contributed by atoms with van der Waals surface area (Å²) in [6, 6.07) is 6.60. The topological polar surface area (TPSA) is 114 Å². The van der Waals surface area contributed by atoms with Crippen molar-refractivity contribution in [2.24, 2.45) is 4.99 Å². The normalized spacial score (nSPS) is 11.2. The van der Waals surface area contributed by atoms with Gasteiger partial charge in [-0.2, -0.15) is 0 Å². The largest absolute Gasteiger partial charge is 0.494 e. The van der Waals surface area contributed by atoms with E-state index in [1.54, 1.807) is 36.8 Å². The van der Waals surface area contributed by atoms with Gasteiger partial charge in [-0.15, -0.1) is 0 Å². The summed E-state index contributed by atoms with van der Waals surface area (Å²) < 4.78 is 8.31. The van der Waals surface area contributed by atoms with Crippen molar-refractivity contribution in [3.05, 3.63) is 69.4 Å². The molecule has 2 N–H and O–H groups in total. The van der Waals surface area contributed by atoms with Crippen molar-refractivity contribution in [2.75, 3.05) is 13.2 Å². The molecule has 0 saturated carbocycles. The molecule has 2 aromatic heterocycles. The van der Waals surface area contributed by atoms with Gasteiger partial charge in [-0.1, -0.05) is 0 Å². The highest BCUT2D eigenvalue weighted by Gasteiger charge is 2.14. The summed E-state index contributed by atoms with van der Waals surface area (Å²) in [6.07, 6.45) is 7.29. The maximum atomic E-state index is 12.2. The summed E-state index contributed by atoms with van der Waals surface area (Å²) in [4.78, 5) is 34.6. The van der Waals surface area contributed by atoms with E-state index in [1.807, 2.05) is 17.7 Å². The second kappa shape index (κ2) is 8.85. The van der Waals surface area contributed by atoms with E-state index >= 15 is 0 Å². The highest BCUT2D eigenvalue weighted by atomic mass is 16.5. The number of nitrogens with zero attached hydrogens (tertiary/aromatic N) is 4. The fourth-order valence-corrected chi connectivity index (χ4v) is 2.67. The van der Waals surface area contributed by atoms with Gasteiger partial charge < -0.3 is 14.4 Å². The molecule has 3 aromatic rings. The van der Waals surface area contributed by atoms with Crippen molar-refractivity contribution in [3.8, 4) is 17.3 Å². The Kier molecular flexibility index (Phi) is 6.05. The molecule has 28 heavy (non-hydrogen) atoms. The zero-order valence-corrected chi connectivity index (χ0v) is 15.4. The lowest BCUT2D eigenvalue weighted by Crippen LogP contribution is -2.31. The first-order valence-corrected chi connectivity index (χ1v) is 8.87. The van der Waals surface area contributed by atoms with Gasteiger partial charge in [0.2, 0.25) is 5.88 Å². The Morgan fingerprint density at radius 2 is 2.07 bits per heavy atom. The van der Waals surface area contributed by atoms with Gasteiger partial charge >= 0.3 is 5.69 Å². The SMILES string of the molecule is CCOc1ccc(-n2c(O)c(C=NCCCn3ccnc3)c(=O)[nH]c2=O)cc1. The van der Waals surface area contributed by atoms with Crippen molar-refractivity contribution >= 4 is 6.21 Å². The number of hydrogen-bond donors (Lipinski definition) is 2. The van der Waals surface area contributed by atoms with E-state index in [4.69, 9.17) is 4.74 Å². The van der Waals surface area contributed by atoms with Crippen LogP contribution in [0.25, 0.3) is 5.69 Å². The number of aromatic amines is 1. The van der Waals surface area contributed by atoms with Crippen molar-refractivity contribution in [1.29, 1.82) is 0 Å². The summed E-state index contributed by atoms with van der Waals surface area (Å²) in [5, 5.41) is 10.5. The van der Waals surface area contributed by atoms with E-state index in [1.165, 1.54) is 6.21 Å². The minimum Gasteiger partial charge on any atom is -0.494 e. The lowest BCUT2D eigenvalue weighted by molar-refractivity contribution is 0.340. The molecule has 9 heteroatoms. The van der Waals surface area contributed by atoms with Gasteiger partial charge in [-0.05, 0) is 37.6 Å². The highest BCUT2D eigenvalue weighted by Crippen LogP contribution is 2.18. The Morgan fingerprint density at radius 1 is 1.29 bits per heavy atom. The number of imidazole rings is 1. The zero-order valence-electron chi connectivity index (χ0n) is 15.4. The summed E-state index contributed by atoms with van der Waals surface area (Å²) in [7, 11) is 0. The standard InChI is InChI=1S/C19H21N5O4/c1-2-28-15-6-4-14(5-7-15)24-18(26)16(17(25)22-19(24)27)12-20-8-3-10-23-11-9-21-13-23/h4-7,9,11-13,26H,2-3,8,10H2,1H3,(H,22,25,27). The van der Waals surface area contributed by atoms with Gasteiger partial charge in [0.1, 0.15) is 11.3 Å². The molecule has 0 amide bonds. The number of benzene rings is 1. The van der Waals surface area contributed by atoms with Crippen LogP contribution in [0, 0.1) is 0 Å². The van der Waals surface area contributed by atoms with Crippen LogP contribution >= 0.6 is 0 Å². The quantitative estimate of drug-likeness (QED) is 0.450. The minimum atomic E-state index is -0.732. The fraction of sp³-hybridized carbons (Fsp3) is 0.263. The van der Waals surface area contributed by atoms with E-state index in [-0.39, 0.29) is 5.56 Å². The maximum absolute atomic E-state index is 12.2. The second-order valence-electron chi connectivity index (χ2n) is 5.95. The van der Waals surface area contributed by atoms with Crippen LogP contribution in [0.2, 0.25) is 0 Å². The lowest BCUT2D eigenvalue weighted by atomic mass is 10.2. The monoisotopic (exact) mass is 383 g/mol. The van der Waals surface area contributed by atoms with Crippen molar-refractivity contribution < 1.29 is 9.84 Å². The van der Waals surface area contributed by atoms with E-state index < -0.39 is 17.1 Å². The second-order valence-corrected chi connectivity index (χ2v) is 5.95. The number of ether oxygens (including phenoxy) is 1. The number of aromatic nitrogens is 4. The molecule has 3 rings (SSSR count). The van der Waals surface area contributed by atoms with Gasteiger partial charge in [0.15, 0.2) is 0 Å². The van der Waals surface area contributed by atoms with Crippen molar-refractivity contribution in [2.45, 2.75) is 19.9 Å². The fourth-order valence-electron chi connectivity index (χ4n) is 2.67. The predicted octanol–water partition coefficient (Wildman–Crippen LogP) is 1.34. The van der Waals surface area contributed by atoms with Crippen LogP contribution < -0.4 is 16.0 Å². The molecule has 0 spiro atoms. The molecule has 0 bridgehead atoms. The first kappa shape index (κ1) is 19.2. The Balaban J connectivity index is 1.80. The van der Waals surface area contributed by atoms with E-state index in [9.17, 15) is 14.7 Å². The molecular formula is C19H21N5O4. The molecule has 0 saturated heterocycles. The van der Waals surface area contributed by atoms with Crippen LogP contribution in [0.15, 0.2) is 57.6 Å². The van der Waals surface area contributed by atoms with Crippen LogP contribution in [0.1, 0.15) is 18.9 Å². The molecule has 1 aromatic carbocycles. The minimum absolute atomic E-state index is 0.0730. The van der Waals surface area contributed by atoms with Crippen LogP contribution in [0.5, 0.6) is 11.6 Å². The van der Waals surface area contributed by atoms with Crippen molar-refractivity contribution in [3.63, 3.8) is 0 Å². The number of H-pyrrole nitrogens is 1. The third-order valence-electron chi connectivity index (χ3n) is 4.01. The Labute approximate surface area is 160 Å². The predicted molar refractivity (Wildman–Crippen MR) is 105 cm³/mol. The molecule has 0 aliphatic carbocycles. The van der Waals surface area contributed by atoms with Gasteiger partial charge in [-0.3, -0.25) is 14.8 Å². The first-order chi connectivity index (χ1) is 13.6. The van der Waals surface area contributed by atoms with E-state index in [0.717, 1.165) is 17.5 Å². The summed E-state index contributed by atoms with van der Waals surface area (Å²) in [5.41, 5.74) is -1.10. The Hall–Kier alpha value is -3.62. The number of aliphatic imine (C=N–C) groups is 1. The zero-order chi connectivity index (χ0) is 19.9. The Bertz CT molecular complexity index is 1050. The molecule has 0 fully saturated rings. The van der Waals surface area contributed by atoms with Gasteiger partial charge in [0.25, 0.3) is 5.56 Å². The summed E-state index contributed by atoms with van der Waals surface area (Å²) >= 11 is 0. The molecule has 0 radical (unpaired) electrons. The van der Waals surface area contributed by atoms with E-state index in [2.05, 4.69) is 15.0 Å². The molecular weight excluding hydrogens is 362 g/mol. The molecule has 9 nitrogen and oxygen atoms in total. The van der Waals surface area contributed by atoms with Crippen molar-refractivity contribution in [1.82, 2.24) is 19.1 Å². The average molecular weight is 383 g/mol. The van der Waals surface area contributed by atoms with Gasteiger partial charge in [-0.25, -0.2) is 14.3 Å². The van der Waals surface area contributed by atoms with Crippen LogP contribution in [-0.4, -0.2) is 43.6 Å². The Morgan fingerprint density at radius 3 is 2.75 bits per heavy atom. The van der Waals surface area contributed by atoms with Gasteiger partial charge in [0.05, 0.1) is 18.6 Å². The van der Waals surface area contributed by atoms with Crippen LogP contribution in [0.3, 0.4) is 0 Å². The molecule has 0 aliphatic rings. The molecule has 146 valence electrons. The molecule has 0 aliphatic heterocycles. The number of aromatic hydroxyl groups is 1. The third-order valence-corrected chi connectivity index (χ3v) is 4.01. The lowest BCUT2D eigenvalue weighted by Gasteiger charge is -2.10. The van der Waals surface area contributed by atoms with E-state index in [0.29, 0.717) is 24.6 Å². The van der Waals surface area contributed by atoms with Crippen LogP contribution in [0.4, 0.5) is 0 Å². The molecule has 0 atom stereocenters.